The molecule has 2 aromatic heterocycles. The van der Waals surface area contributed by atoms with Crippen molar-refractivity contribution in [3.8, 4) is 17.4 Å². The van der Waals surface area contributed by atoms with Gasteiger partial charge in [-0.2, -0.15) is 0 Å². The van der Waals surface area contributed by atoms with Crippen LogP contribution in [0.2, 0.25) is 0 Å². The highest BCUT2D eigenvalue weighted by molar-refractivity contribution is 5.91. The quantitative estimate of drug-likeness (QED) is 0.431. The number of hydrogen-bond acceptors (Lipinski definition) is 10. The minimum absolute atomic E-state index is 0.00392. The first kappa shape index (κ1) is 23.6. The molecule has 36 heavy (non-hydrogen) atoms. The minimum Gasteiger partial charge on any atom is -0.486 e. The van der Waals surface area contributed by atoms with Gasteiger partial charge in [-0.1, -0.05) is 0 Å². The molecule has 0 radical (unpaired) electrons. The molecule has 2 aliphatic rings. The standard InChI is InChI=1S/C24H24N4O8/c1-33-19-5-3-16-20(27-19)15(6-7-26-16)21(29)24(32,22(25)30)11-14-12-28(23(31)36-14)13-2-4-17-18(10-13)35-9-8-34-17/h2-7,10,14,21,29,32H,8-9,11-12H2,1H3,(H2,25,30)/t14-,21?,24?/m0/s1. The Balaban J connectivity index is 1.41. The zero-order valence-electron chi connectivity index (χ0n) is 19.3. The van der Waals surface area contributed by atoms with E-state index < -0.39 is 36.2 Å². The number of nitrogens with two attached hydrogens (primary N) is 1. The van der Waals surface area contributed by atoms with Crippen LogP contribution in [0, 0.1) is 0 Å². The SMILES string of the molecule is COc1ccc2nccc(C(O)C(O)(C[C@H]3CN(c4ccc5c(c4)OCCO5)C(=O)O3)C(N)=O)c2n1. The summed E-state index contributed by atoms with van der Waals surface area (Å²) in [6.45, 7) is 0.824. The molecule has 1 fully saturated rings. The first-order chi connectivity index (χ1) is 17.3. The van der Waals surface area contributed by atoms with Gasteiger partial charge in [-0.25, -0.2) is 9.78 Å². The van der Waals surface area contributed by atoms with Crippen LogP contribution in [0.4, 0.5) is 10.5 Å². The fraction of sp³-hybridized carbons (Fsp3) is 0.333. The lowest BCUT2D eigenvalue weighted by atomic mass is 9.85. The van der Waals surface area contributed by atoms with Gasteiger partial charge in [0.25, 0.3) is 5.91 Å². The van der Waals surface area contributed by atoms with Gasteiger partial charge in [0.2, 0.25) is 5.88 Å². The van der Waals surface area contributed by atoms with Crippen molar-refractivity contribution in [2.24, 2.45) is 5.73 Å². The fourth-order valence-electron chi connectivity index (χ4n) is 4.35. The number of carbonyl (C=O) groups is 2. The Morgan fingerprint density at radius 2 is 2.03 bits per heavy atom. The molecular formula is C24H24N4O8. The molecule has 3 atom stereocenters. The second kappa shape index (κ2) is 9.13. The molecule has 12 nitrogen and oxygen atoms in total. The molecule has 3 aromatic rings. The maximum absolute atomic E-state index is 12.6. The summed E-state index contributed by atoms with van der Waals surface area (Å²) < 4.78 is 21.6. The van der Waals surface area contributed by atoms with Gasteiger partial charge in [0, 0.05) is 30.3 Å². The van der Waals surface area contributed by atoms with E-state index in [-0.39, 0.29) is 23.5 Å². The molecule has 1 saturated heterocycles. The number of amides is 2. The zero-order valence-corrected chi connectivity index (χ0v) is 19.3. The number of primary amides is 1. The van der Waals surface area contributed by atoms with Crippen molar-refractivity contribution in [2.45, 2.75) is 24.2 Å². The summed E-state index contributed by atoms with van der Waals surface area (Å²) in [5.41, 5.74) is 4.32. The van der Waals surface area contributed by atoms with E-state index in [9.17, 15) is 19.8 Å². The van der Waals surface area contributed by atoms with E-state index in [0.717, 1.165) is 0 Å². The lowest BCUT2D eigenvalue weighted by Gasteiger charge is -2.32. The molecule has 2 amide bonds. The number of fused-ring (bicyclic) bond motifs is 2. The molecule has 12 heteroatoms. The summed E-state index contributed by atoms with van der Waals surface area (Å²) in [4.78, 5) is 34.9. The van der Waals surface area contributed by atoms with Crippen molar-refractivity contribution in [1.29, 1.82) is 0 Å². The molecule has 0 bridgehead atoms. The van der Waals surface area contributed by atoms with Gasteiger partial charge in [0.05, 0.1) is 30.4 Å². The van der Waals surface area contributed by atoms with Crippen molar-refractivity contribution < 1.29 is 38.7 Å². The number of cyclic esters (lactones) is 1. The van der Waals surface area contributed by atoms with Crippen molar-refractivity contribution in [3.05, 3.63) is 48.2 Å². The first-order valence-corrected chi connectivity index (χ1v) is 11.2. The number of aliphatic hydroxyl groups is 2. The zero-order chi connectivity index (χ0) is 25.4. The number of hydrogen-bond donors (Lipinski definition) is 3. The highest BCUT2D eigenvalue weighted by Gasteiger charge is 2.48. The number of pyridine rings is 2. The summed E-state index contributed by atoms with van der Waals surface area (Å²) in [7, 11) is 1.43. The third-order valence-electron chi connectivity index (χ3n) is 6.22. The van der Waals surface area contributed by atoms with Crippen molar-refractivity contribution in [3.63, 3.8) is 0 Å². The Hall–Kier alpha value is -4.16. The molecular weight excluding hydrogens is 472 g/mol. The molecule has 188 valence electrons. The molecule has 5 rings (SSSR count). The maximum Gasteiger partial charge on any atom is 0.414 e. The van der Waals surface area contributed by atoms with Crippen LogP contribution in [0.5, 0.6) is 17.4 Å². The van der Waals surface area contributed by atoms with Crippen LogP contribution in [0.3, 0.4) is 0 Å². The van der Waals surface area contributed by atoms with Gasteiger partial charge in [0.1, 0.15) is 25.4 Å². The molecule has 1 aromatic carbocycles. The van der Waals surface area contributed by atoms with E-state index in [4.69, 9.17) is 24.7 Å². The minimum atomic E-state index is -2.48. The number of benzene rings is 1. The summed E-state index contributed by atoms with van der Waals surface area (Å²) in [5.74, 6) is 0.129. The number of ether oxygens (including phenoxy) is 4. The summed E-state index contributed by atoms with van der Waals surface area (Å²) in [6, 6.07) is 9.66. The van der Waals surface area contributed by atoms with E-state index in [2.05, 4.69) is 9.97 Å². The predicted molar refractivity (Wildman–Crippen MR) is 125 cm³/mol. The molecule has 0 aliphatic carbocycles. The highest BCUT2D eigenvalue weighted by atomic mass is 16.6. The predicted octanol–water partition coefficient (Wildman–Crippen LogP) is 1.07. The average Bonchev–Trinajstić information content (AvgIpc) is 3.26. The first-order valence-electron chi connectivity index (χ1n) is 11.2. The van der Waals surface area contributed by atoms with E-state index >= 15 is 0 Å². The lowest BCUT2D eigenvalue weighted by Crippen LogP contribution is -2.51. The second-order valence-electron chi connectivity index (χ2n) is 8.46. The number of rotatable bonds is 7. The van der Waals surface area contributed by atoms with Gasteiger partial charge in [0.15, 0.2) is 17.1 Å². The number of aliphatic hydroxyl groups excluding tert-OH is 1. The number of methoxy groups -OCH3 is 1. The number of carbonyl (C=O) groups excluding carboxylic acids is 2. The largest absolute Gasteiger partial charge is 0.486 e. The van der Waals surface area contributed by atoms with Gasteiger partial charge >= 0.3 is 6.09 Å². The van der Waals surface area contributed by atoms with Crippen LogP contribution in [-0.2, 0) is 9.53 Å². The van der Waals surface area contributed by atoms with E-state index in [1.54, 1.807) is 30.3 Å². The molecule has 2 aliphatic heterocycles. The molecule has 4 N–H and O–H groups in total. The Bertz CT molecular complexity index is 1330. The highest BCUT2D eigenvalue weighted by Crippen LogP contribution is 2.38. The monoisotopic (exact) mass is 496 g/mol. The van der Waals surface area contributed by atoms with E-state index in [1.807, 2.05) is 0 Å². The Kier molecular flexibility index (Phi) is 5.98. The second-order valence-corrected chi connectivity index (χ2v) is 8.46. The fourth-order valence-corrected chi connectivity index (χ4v) is 4.35. The lowest BCUT2D eigenvalue weighted by molar-refractivity contribution is -0.155. The van der Waals surface area contributed by atoms with Crippen molar-refractivity contribution >= 4 is 28.7 Å². The summed E-state index contributed by atoms with van der Waals surface area (Å²) in [6.07, 6.45) is -2.46. The van der Waals surface area contributed by atoms with Crippen LogP contribution >= 0.6 is 0 Å². The molecule has 0 saturated carbocycles. The third kappa shape index (κ3) is 4.10. The Morgan fingerprint density at radius 3 is 2.78 bits per heavy atom. The van der Waals surface area contributed by atoms with E-state index in [0.29, 0.717) is 35.9 Å². The third-order valence-corrected chi connectivity index (χ3v) is 6.22. The van der Waals surface area contributed by atoms with Crippen LogP contribution in [0.15, 0.2) is 42.6 Å². The van der Waals surface area contributed by atoms with Crippen LogP contribution in [0.25, 0.3) is 11.0 Å². The van der Waals surface area contributed by atoms with Crippen LogP contribution in [0.1, 0.15) is 18.1 Å². The molecule has 0 spiro atoms. The van der Waals surface area contributed by atoms with E-state index in [1.165, 1.54) is 24.3 Å². The van der Waals surface area contributed by atoms with Gasteiger partial charge < -0.3 is 34.9 Å². The average molecular weight is 496 g/mol. The van der Waals surface area contributed by atoms with Crippen LogP contribution < -0.4 is 24.8 Å². The van der Waals surface area contributed by atoms with Gasteiger partial charge in [-0.05, 0) is 24.3 Å². The number of nitrogens with zero attached hydrogens (tertiary/aromatic N) is 3. The topological polar surface area (TPSA) is 167 Å². The van der Waals surface area contributed by atoms with Crippen molar-refractivity contribution in [1.82, 2.24) is 9.97 Å². The number of aromatic nitrogens is 2. The Labute approximate surface area is 205 Å². The summed E-state index contributed by atoms with van der Waals surface area (Å²) >= 11 is 0. The van der Waals surface area contributed by atoms with Gasteiger partial charge in [-0.15, -0.1) is 0 Å². The van der Waals surface area contributed by atoms with Gasteiger partial charge in [-0.3, -0.25) is 14.7 Å². The molecule has 4 heterocycles. The molecule has 2 unspecified atom stereocenters. The van der Waals surface area contributed by atoms with Crippen molar-refractivity contribution in [2.75, 3.05) is 31.8 Å². The Morgan fingerprint density at radius 1 is 1.25 bits per heavy atom. The van der Waals surface area contributed by atoms with Crippen LogP contribution in [-0.4, -0.2) is 70.8 Å². The number of anilines is 1. The smallest absolute Gasteiger partial charge is 0.414 e. The summed E-state index contributed by atoms with van der Waals surface area (Å²) in [5, 5.41) is 22.5. The normalized spacial score (nSPS) is 19.5. The maximum atomic E-state index is 12.6.